The molecule has 3 aromatic carbocycles. The van der Waals surface area contributed by atoms with E-state index in [9.17, 15) is 22.0 Å². The number of hydrogen-bond donors (Lipinski definition) is 1. The third-order valence-corrected chi connectivity index (χ3v) is 4.56. The normalized spacial score (nSPS) is 12.4. The summed E-state index contributed by atoms with van der Waals surface area (Å²) in [5.74, 6) is -1.11. The van der Waals surface area contributed by atoms with Crippen molar-refractivity contribution in [3.05, 3.63) is 60.2 Å². The number of carbonyl (C=O) groups is 1. The van der Waals surface area contributed by atoms with E-state index in [1.54, 1.807) is 6.07 Å². The molecule has 8 heteroatoms. The Morgan fingerprint density at radius 3 is 2.12 bits per heavy atom. The maximum atomic E-state index is 13.1. The van der Waals surface area contributed by atoms with E-state index in [0.29, 0.717) is 5.39 Å². The molecule has 0 fully saturated rings. The van der Waals surface area contributed by atoms with Crippen molar-refractivity contribution in [3.8, 4) is 0 Å². The summed E-state index contributed by atoms with van der Waals surface area (Å²) in [5, 5.41) is -1.06. The summed E-state index contributed by atoms with van der Waals surface area (Å²) in [4.78, 5) is 11.9. The predicted octanol–water partition coefficient (Wildman–Crippen LogP) is 3.63. The Labute approximate surface area is 141 Å². The molecule has 0 aliphatic heterocycles. The summed E-state index contributed by atoms with van der Waals surface area (Å²) in [5.41, 5.74) is -0.00563. The Balaban J connectivity index is 1.88. The summed E-state index contributed by atoms with van der Waals surface area (Å²) in [6.45, 7) is -1.76. The van der Waals surface area contributed by atoms with E-state index in [0.717, 1.165) is 16.2 Å². The van der Waals surface area contributed by atoms with Gasteiger partial charge in [0.25, 0.3) is 0 Å². The van der Waals surface area contributed by atoms with Gasteiger partial charge in [-0.1, -0.05) is 30.3 Å². The first-order valence-corrected chi connectivity index (χ1v) is 8.56. The molecule has 0 atom stereocenters. The van der Waals surface area contributed by atoms with Crippen LogP contribution in [0.3, 0.4) is 0 Å². The van der Waals surface area contributed by atoms with E-state index in [-0.39, 0.29) is 5.56 Å². The zero-order chi connectivity index (χ0) is 18.2. The summed E-state index contributed by atoms with van der Waals surface area (Å²) in [6, 6.07) is 15.9. The second-order valence-electron chi connectivity index (χ2n) is 5.45. The SMILES string of the molecule is O=C(OCC(F)(F)S(=O)(=O)O)c1ccc2cc3ccccc3cc2c1. The van der Waals surface area contributed by atoms with Crippen molar-refractivity contribution < 1.29 is 31.3 Å². The minimum absolute atomic E-state index is 0.00563. The monoisotopic (exact) mass is 366 g/mol. The van der Waals surface area contributed by atoms with Crippen molar-refractivity contribution in [3.63, 3.8) is 0 Å². The van der Waals surface area contributed by atoms with Crippen molar-refractivity contribution in [2.45, 2.75) is 5.25 Å². The molecule has 25 heavy (non-hydrogen) atoms. The number of ether oxygens (including phenoxy) is 1. The van der Waals surface area contributed by atoms with Crippen LogP contribution in [-0.4, -0.2) is 30.8 Å². The topological polar surface area (TPSA) is 80.7 Å². The average molecular weight is 366 g/mol. The number of carbonyl (C=O) groups excluding carboxylic acids is 1. The minimum atomic E-state index is -5.65. The van der Waals surface area contributed by atoms with Crippen LogP contribution in [0.25, 0.3) is 21.5 Å². The number of fused-ring (bicyclic) bond motifs is 2. The summed E-state index contributed by atoms with van der Waals surface area (Å²) in [6.07, 6.45) is 0. The van der Waals surface area contributed by atoms with Gasteiger partial charge in [-0.05, 0) is 45.8 Å². The van der Waals surface area contributed by atoms with Gasteiger partial charge in [0.1, 0.15) is 0 Å². The second kappa shape index (κ2) is 6.05. The molecular weight excluding hydrogens is 354 g/mol. The summed E-state index contributed by atoms with van der Waals surface area (Å²) < 4.78 is 60.0. The van der Waals surface area contributed by atoms with Gasteiger partial charge in [-0.3, -0.25) is 4.55 Å². The highest BCUT2D eigenvalue weighted by molar-refractivity contribution is 7.86. The number of halogens is 2. The predicted molar refractivity (Wildman–Crippen MR) is 88.2 cm³/mol. The first kappa shape index (κ1) is 17.2. The van der Waals surface area contributed by atoms with Crippen molar-refractivity contribution in [2.75, 3.05) is 6.61 Å². The Morgan fingerprint density at radius 2 is 1.52 bits per heavy atom. The first-order chi connectivity index (χ1) is 11.7. The van der Waals surface area contributed by atoms with Gasteiger partial charge in [-0.15, -0.1) is 0 Å². The second-order valence-corrected chi connectivity index (χ2v) is 7.00. The number of benzene rings is 3. The van der Waals surface area contributed by atoms with Crippen molar-refractivity contribution in [2.24, 2.45) is 0 Å². The smallest absolute Gasteiger partial charge is 0.402 e. The number of esters is 1. The minimum Gasteiger partial charge on any atom is -0.454 e. The molecule has 0 saturated carbocycles. The van der Waals surface area contributed by atoms with Gasteiger partial charge >= 0.3 is 21.3 Å². The molecule has 0 spiro atoms. The van der Waals surface area contributed by atoms with Gasteiger partial charge in [0, 0.05) is 0 Å². The van der Waals surface area contributed by atoms with Crippen LogP contribution in [-0.2, 0) is 14.9 Å². The van der Waals surface area contributed by atoms with Crippen molar-refractivity contribution in [1.29, 1.82) is 0 Å². The van der Waals surface area contributed by atoms with Gasteiger partial charge in [-0.25, -0.2) is 4.79 Å². The number of rotatable bonds is 4. The molecule has 0 aliphatic rings. The first-order valence-electron chi connectivity index (χ1n) is 7.12. The third kappa shape index (κ3) is 3.45. The molecular formula is C17H12F2O5S. The van der Waals surface area contributed by atoms with Gasteiger partial charge in [0.05, 0.1) is 5.56 Å². The number of alkyl halides is 2. The molecule has 0 aliphatic carbocycles. The molecule has 0 bridgehead atoms. The van der Waals surface area contributed by atoms with E-state index in [1.807, 2.05) is 36.4 Å². The molecule has 0 heterocycles. The van der Waals surface area contributed by atoms with Gasteiger partial charge < -0.3 is 4.74 Å². The Morgan fingerprint density at radius 1 is 0.960 bits per heavy atom. The molecule has 0 unspecified atom stereocenters. The van der Waals surface area contributed by atoms with Crippen LogP contribution < -0.4 is 0 Å². The number of hydrogen-bond acceptors (Lipinski definition) is 4. The van der Waals surface area contributed by atoms with Crippen LogP contribution in [0.5, 0.6) is 0 Å². The van der Waals surface area contributed by atoms with E-state index in [2.05, 4.69) is 4.74 Å². The fourth-order valence-electron chi connectivity index (χ4n) is 2.37. The zero-order valence-corrected chi connectivity index (χ0v) is 13.5. The van der Waals surface area contributed by atoms with Crippen LogP contribution in [0.4, 0.5) is 8.78 Å². The summed E-state index contributed by atoms with van der Waals surface area (Å²) in [7, 11) is -5.65. The maximum absolute atomic E-state index is 13.1. The largest absolute Gasteiger partial charge is 0.454 e. The van der Waals surface area contributed by atoms with E-state index < -0.39 is 27.9 Å². The van der Waals surface area contributed by atoms with Gasteiger partial charge in [0.2, 0.25) is 0 Å². The molecule has 0 amide bonds. The lowest BCUT2D eigenvalue weighted by atomic mass is 10.0. The van der Waals surface area contributed by atoms with Crippen LogP contribution in [0.15, 0.2) is 54.6 Å². The average Bonchev–Trinajstić information content (AvgIpc) is 2.56. The fraction of sp³-hybridized carbons (Fsp3) is 0.118. The van der Waals surface area contributed by atoms with Crippen LogP contribution in [0.1, 0.15) is 10.4 Å². The highest BCUT2D eigenvalue weighted by atomic mass is 32.2. The lowest BCUT2D eigenvalue weighted by molar-refractivity contribution is -0.00949. The lowest BCUT2D eigenvalue weighted by Crippen LogP contribution is -2.34. The Bertz CT molecular complexity index is 1080. The third-order valence-electron chi connectivity index (χ3n) is 3.69. The zero-order valence-electron chi connectivity index (χ0n) is 12.6. The van der Waals surface area contributed by atoms with E-state index in [4.69, 9.17) is 4.55 Å². The fourth-order valence-corrected chi connectivity index (χ4v) is 2.58. The Kier molecular flexibility index (Phi) is 4.18. The molecule has 0 saturated heterocycles. The van der Waals surface area contributed by atoms with Crippen LogP contribution in [0.2, 0.25) is 0 Å². The summed E-state index contributed by atoms with van der Waals surface area (Å²) >= 11 is 0. The van der Waals surface area contributed by atoms with E-state index in [1.165, 1.54) is 12.1 Å². The molecule has 5 nitrogen and oxygen atoms in total. The van der Waals surface area contributed by atoms with Gasteiger partial charge in [-0.2, -0.15) is 17.2 Å². The molecule has 0 radical (unpaired) electrons. The van der Waals surface area contributed by atoms with Crippen molar-refractivity contribution in [1.82, 2.24) is 0 Å². The highest BCUT2D eigenvalue weighted by Crippen LogP contribution is 2.25. The van der Waals surface area contributed by atoms with Gasteiger partial charge in [0.15, 0.2) is 6.61 Å². The molecule has 3 rings (SSSR count). The van der Waals surface area contributed by atoms with Crippen LogP contribution >= 0.6 is 0 Å². The Hall–Kier alpha value is -2.58. The highest BCUT2D eigenvalue weighted by Gasteiger charge is 2.45. The standard InChI is InChI=1S/C17H12F2O5S/c18-17(19,25(21,22)23)10-24-16(20)14-6-5-13-7-11-3-1-2-4-12(11)8-15(13)9-14/h1-9H,10H2,(H,21,22,23). The lowest BCUT2D eigenvalue weighted by Gasteiger charge is -2.13. The van der Waals surface area contributed by atoms with Crippen LogP contribution in [0, 0.1) is 0 Å². The molecule has 130 valence electrons. The molecule has 1 N–H and O–H groups in total. The van der Waals surface area contributed by atoms with E-state index >= 15 is 0 Å². The van der Waals surface area contributed by atoms with Crippen molar-refractivity contribution >= 4 is 37.6 Å². The molecule has 3 aromatic rings. The maximum Gasteiger partial charge on any atom is 0.402 e. The quantitative estimate of drug-likeness (QED) is 0.433. The molecule has 0 aromatic heterocycles.